The maximum atomic E-state index is 11.8. The van der Waals surface area contributed by atoms with E-state index >= 15 is 0 Å². The highest BCUT2D eigenvalue weighted by Crippen LogP contribution is 2.11. The van der Waals surface area contributed by atoms with E-state index in [4.69, 9.17) is 4.74 Å². The number of ether oxygens (including phenoxy) is 1. The van der Waals surface area contributed by atoms with Crippen molar-refractivity contribution in [2.75, 3.05) is 11.9 Å². The molecule has 0 bridgehead atoms. The van der Waals surface area contributed by atoms with Crippen molar-refractivity contribution >= 4 is 29.4 Å². The van der Waals surface area contributed by atoms with Gasteiger partial charge in [-0.2, -0.15) is 0 Å². The van der Waals surface area contributed by atoms with Crippen molar-refractivity contribution in [3.63, 3.8) is 0 Å². The normalized spacial score (nSPS) is 10.5. The number of rotatable bonds is 6. The fraction of sp³-hybridized carbons (Fsp3) is 0.150. The summed E-state index contributed by atoms with van der Waals surface area (Å²) in [6.45, 7) is 3.02. The van der Waals surface area contributed by atoms with Crippen LogP contribution >= 0.6 is 0 Å². The summed E-state index contributed by atoms with van der Waals surface area (Å²) in [4.78, 5) is 34.8. The average molecular weight is 337 g/mol. The van der Waals surface area contributed by atoms with Crippen LogP contribution in [0.3, 0.4) is 0 Å². The molecule has 0 atom stereocenters. The van der Waals surface area contributed by atoms with Crippen LogP contribution in [0, 0.1) is 6.92 Å². The van der Waals surface area contributed by atoms with Crippen LogP contribution in [0.5, 0.6) is 0 Å². The molecule has 5 heteroatoms. The number of nitrogens with one attached hydrogen (secondary N) is 1. The highest BCUT2D eigenvalue weighted by molar-refractivity contribution is 5.98. The van der Waals surface area contributed by atoms with Crippen molar-refractivity contribution in [1.82, 2.24) is 0 Å². The molecule has 2 rings (SSSR count). The van der Waals surface area contributed by atoms with Gasteiger partial charge < -0.3 is 10.1 Å². The summed E-state index contributed by atoms with van der Waals surface area (Å²) in [7, 11) is 0. The van der Waals surface area contributed by atoms with Gasteiger partial charge in [0.05, 0.1) is 0 Å². The summed E-state index contributed by atoms with van der Waals surface area (Å²) in [6.07, 6.45) is 2.89. The fourth-order valence-electron chi connectivity index (χ4n) is 2.04. The van der Waals surface area contributed by atoms with Crippen molar-refractivity contribution in [3.05, 3.63) is 71.3 Å². The van der Waals surface area contributed by atoms with Crippen LogP contribution in [0.25, 0.3) is 6.08 Å². The van der Waals surface area contributed by atoms with E-state index in [0.29, 0.717) is 11.3 Å². The number of ketones is 1. The Labute approximate surface area is 146 Å². The maximum Gasteiger partial charge on any atom is 0.331 e. The van der Waals surface area contributed by atoms with Gasteiger partial charge in [0.15, 0.2) is 12.4 Å². The third-order valence-electron chi connectivity index (χ3n) is 3.39. The Kier molecular flexibility index (Phi) is 6.23. The highest BCUT2D eigenvalue weighted by Gasteiger charge is 2.07. The van der Waals surface area contributed by atoms with E-state index in [1.54, 1.807) is 30.3 Å². The Bertz CT molecular complexity index is 807. The molecule has 0 saturated heterocycles. The van der Waals surface area contributed by atoms with Gasteiger partial charge in [-0.05, 0) is 37.6 Å². The molecule has 0 fully saturated rings. The number of aryl methyl sites for hydroxylation is 1. The van der Waals surface area contributed by atoms with Crippen LogP contribution in [0.2, 0.25) is 0 Å². The smallest absolute Gasteiger partial charge is 0.331 e. The molecule has 0 aliphatic heterocycles. The molecule has 0 heterocycles. The standard InChI is InChI=1S/C20H19NO4/c1-14-6-8-16(9-7-14)10-11-20(24)25-13-19(23)21-18-5-3-4-17(12-18)15(2)22/h3-12H,13H2,1-2H3,(H,21,23)/b11-10+. The van der Waals surface area contributed by atoms with Crippen molar-refractivity contribution in [1.29, 1.82) is 0 Å². The van der Waals surface area contributed by atoms with Gasteiger partial charge in [0.25, 0.3) is 5.91 Å². The minimum atomic E-state index is -0.604. The van der Waals surface area contributed by atoms with Crippen molar-refractivity contribution in [2.24, 2.45) is 0 Å². The molecule has 2 aromatic rings. The van der Waals surface area contributed by atoms with E-state index in [9.17, 15) is 14.4 Å². The van der Waals surface area contributed by atoms with E-state index in [2.05, 4.69) is 5.32 Å². The van der Waals surface area contributed by atoms with E-state index in [0.717, 1.165) is 11.1 Å². The molecule has 0 unspecified atom stereocenters. The molecule has 5 nitrogen and oxygen atoms in total. The molecule has 0 aromatic heterocycles. The molecule has 1 amide bonds. The SMILES string of the molecule is CC(=O)c1cccc(NC(=O)COC(=O)/C=C/c2ccc(C)cc2)c1. The van der Waals surface area contributed by atoms with Gasteiger partial charge in [0, 0.05) is 17.3 Å². The van der Waals surface area contributed by atoms with Crippen LogP contribution < -0.4 is 5.32 Å². The Balaban J connectivity index is 1.83. The molecule has 0 aliphatic rings. The Hall–Kier alpha value is -3.21. The summed E-state index contributed by atoms with van der Waals surface area (Å²) >= 11 is 0. The molecule has 2 aromatic carbocycles. The first-order valence-electron chi connectivity index (χ1n) is 7.76. The molecule has 0 saturated carbocycles. The van der Waals surface area contributed by atoms with Crippen LogP contribution in [-0.4, -0.2) is 24.3 Å². The predicted octanol–water partition coefficient (Wildman–Crippen LogP) is 3.39. The Morgan fingerprint density at radius 1 is 1.08 bits per heavy atom. The van der Waals surface area contributed by atoms with Crippen LogP contribution in [0.15, 0.2) is 54.6 Å². The second-order valence-electron chi connectivity index (χ2n) is 5.54. The van der Waals surface area contributed by atoms with Gasteiger partial charge >= 0.3 is 5.97 Å². The summed E-state index contributed by atoms with van der Waals surface area (Å²) in [5.74, 6) is -1.17. The molecule has 25 heavy (non-hydrogen) atoms. The molecule has 0 spiro atoms. The van der Waals surface area contributed by atoms with E-state index in [1.165, 1.54) is 13.0 Å². The minimum absolute atomic E-state index is 0.0937. The van der Waals surface area contributed by atoms with Crippen molar-refractivity contribution < 1.29 is 19.1 Å². The van der Waals surface area contributed by atoms with Gasteiger partial charge in [-0.1, -0.05) is 42.0 Å². The summed E-state index contributed by atoms with van der Waals surface area (Å²) in [6, 6.07) is 14.2. The van der Waals surface area contributed by atoms with Gasteiger partial charge in [0.2, 0.25) is 0 Å². The summed E-state index contributed by atoms with van der Waals surface area (Å²) in [5, 5.41) is 2.58. The number of hydrogen-bond acceptors (Lipinski definition) is 4. The van der Waals surface area contributed by atoms with Crippen LogP contribution in [-0.2, 0) is 14.3 Å². The van der Waals surface area contributed by atoms with Gasteiger partial charge in [-0.3, -0.25) is 9.59 Å². The molecule has 0 aliphatic carbocycles. The lowest BCUT2D eigenvalue weighted by Crippen LogP contribution is -2.20. The third kappa shape index (κ3) is 6.06. The first kappa shape index (κ1) is 18.1. The third-order valence-corrected chi connectivity index (χ3v) is 3.39. The second-order valence-corrected chi connectivity index (χ2v) is 5.54. The number of amides is 1. The lowest BCUT2D eigenvalue weighted by atomic mass is 10.1. The number of Topliss-reactive ketones (excluding diaryl/α,β-unsaturated/α-hetero) is 1. The van der Waals surface area contributed by atoms with E-state index < -0.39 is 18.5 Å². The number of esters is 1. The second kappa shape index (κ2) is 8.59. The van der Waals surface area contributed by atoms with Gasteiger partial charge in [-0.15, -0.1) is 0 Å². The zero-order chi connectivity index (χ0) is 18.2. The number of hydrogen-bond donors (Lipinski definition) is 1. The molecule has 128 valence electrons. The zero-order valence-corrected chi connectivity index (χ0v) is 14.1. The number of carbonyl (C=O) groups is 3. The number of anilines is 1. The highest BCUT2D eigenvalue weighted by atomic mass is 16.5. The first-order valence-corrected chi connectivity index (χ1v) is 7.76. The molecular weight excluding hydrogens is 318 g/mol. The minimum Gasteiger partial charge on any atom is -0.452 e. The van der Waals surface area contributed by atoms with Crippen LogP contribution in [0.1, 0.15) is 28.4 Å². The number of benzene rings is 2. The van der Waals surface area contributed by atoms with Gasteiger partial charge in [-0.25, -0.2) is 4.79 Å². The predicted molar refractivity (Wildman–Crippen MR) is 96.2 cm³/mol. The monoisotopic (exact) mass is 337 g/mol. The molecule has 1 N–H and O–H groups in total. The lowest BCUT2D eigenvalue weighted by molar-refractivity contribution is -0.142. The van der Waals surface area contributed by atoms with Crippen molar-refractivity contribution in [3.8, 4) is 0 Å². The fourth-order valence-corrected chi connectivity index (χ4v) is 2.04. The largest absolute Gasteiger partial charge is 0.452 e. The Morgan fingerprint density at radius 3 is 2.48 bits per heavy atom. The lowest BCUT2D eigenvalue weighted by Gasteiger charge is -2.06. The quantitative estimate of drug-likeness (QED) is 0.498. The zero-order valence-electron chi connectivity index (χ0n) is 14.1. The van der Waals surface area contributed by atoms with E-state index in [1.807, 2.05) is 31.2 Å². The summed E-state index contributed by atoms with van der Waals surface area (Å²) in [5.41, 5.74) is 2.97. The Morgan fingerprint density at radius 2 is 1.80 bits per heavy atom. The maximum absolute atomic E-state index is 11.8. The summed E-state index contributed by atoms with van der Waals surface area (Å²) < 4.78 is 4.89. The number of carbonyl (C=O) groups excluding carboxylic acids is 3. The molecule has 0 radical (unpaired) electrons. The topological polar surface area (TPSA) is 72.5 Å². The molecular formula is C20H19NO4. The van der Waals surface area contributed by atoms with Crippen molar-refractivity contribution in [2.45, 2.75) is 13.8 Å². The van der Waals surface area contributed by atoms with Gasteiger partial charge in [0.1, 0.15) is 0 Å². The van der Waals surface area contributed by atoms with E-state index in [-0.39, 0.29) is 5.78 Å². The van der Waals surface area contributed by atoms with Crippen LogP contribution in [0.4, 0.5) is 5.69 Å². The first-order chi connectivity index (χ1) is 11.9. The average Bonchev–Trinajstić information content (AvgIpc) is 2.59.